The van der Waals surface area contributed by atoms with Gasteiger partial charge in [-0.15, -0.1) is 0 Å². The first kappa shape index (κ1) is 20.3. The van der Waals surface area contributed by atoms with Gasteiger partial charge in [0.25, 0.3) is 0 Å². The highest BCUT2D eigenvalue weighted by molar-refractivity contribution is 7.99. The van der Waals surface area contributed by atoms with Crippen LogP contribution in [0.2, 0.25) is 0 Å². The van der Waals surface area contributed by atoms with Crippen molar-refractivity contribution >= 4 is 17.7 Å². The van der Waals surface area contributed by atoms with Crippen LogP contribution in [0, 0.1) is 11.8 Å². The van der Waals surface area contributed by atoms with E-state index in [2.05, 4.69) is 30.8 Å². The van der Waals surface area contributed by atoms with Gasteiger partial charge in [-0.2, -0.15) is 11.8 Å². The summed E-state index contributed by atoms with van der Waals surface area (Å²) in [6, 6.07) is 0. The standard InChI is InChI=1S/C19H32O3S/c1-2-3-4-9-13-22-14-12-18-16-23-15-17(18)10-7-5-6-8-11-19(20)21/h3-4,8,11,17-18H,2,5-7,9-10,12-16H2,1H3,(H,20,21)/t17-,18+/m0/s1. The molecular weight excluding hydrogens is 308 g/mol. The SMILES string of the molecule is CCC=CCCOCC[C@@H]1CSC[C@@H]1CCCCC=CC(=O)O. The zero-order valence-electron chi connectivity index (χ0n) is 14.4. The van der Waals surface area contributed by atoms with E-state index in [-0.39, 0.29) is 0 Å². The number of hydrogen-bond acceptors (Lipinski definition) is 3. The number of ether oxygens (including phenoxy) is 1. The monoisotopic (exact) mass is 340 g/mol. The van der Waals surface area contributed by atoms with Gasteiger partial charge in [-0.05, 0) is 61.9 Å². The van der Waals surface area contributed by atoms with E-state index in [9.17, 15) is 4.79 Å². The molecule has 1 aliphatic rings. The predicted molar refractivity (Wildman–Crippen MR) is 99.0 cm³/mol. The Morgan fingerprint density at radius 3 is 2.61 bits per heavy atom. The molecule has 3 nitrogen and oxygen atoms in total. The second-order valence-electron chi connectivity index (χ2n) is 6.15. The fraction of sp³-hybridized carbons (Fsp3) is 0.737. The van der Waals surface area contributed by atoms with Gasteiger partial charge in [-0.25, -0.2) is 4.79 Å². The Kier molecular flexibility index (Phi) is 12.1. The molecular formula is C19H32O3S. The number of unbranched alkanes of at least 4 members (excludes halogenated alkanes) is 2. The summed E-state index contributed by atoms with van der Waals surface area (Å²) in [5.41, 5.74) is 0. The molecule has 2 atom stereocenters. The molecule has 1 N–H and O–H groups in total. The Labute approximate surface area is 145 Å². The lowest BCUT2D eigenvalue weighted by Gasteiger charge is -2.18. The van der Waals surface area contributed by atoms with E-state index in [0.29, 0.717) is 0 Å². The van der Waals surface area contributed by atoms with Crippen molar-refractivity contribution in [2.24, 2.45) is 11.8 Å². The van der Waals surface area contributed by atoms with Gasteiger partial charge in [-0.1, -0.05) is 31.6 Å². The number of allylic oxidation sites excluding steroid dienone is 2. The summed E-state index contributed by atoms with van der Waals surface area (Å²) < 4.78 is 5.75. The number of rotatable bonds is 13. The molecule has 1 saturated heterocycles. The molecule has 23 heavy (non-hydrogen) atoms. The summed E-state index contributed by atoms with van der Waals surface area (Å²) in [4.78, 5) is 10.4. The molecule has 0 unspecified atom stereocenters. The third kappa shape index (κ3) is 10.6. The first-order valence-electron chi connectivity index (χ1n) is 8.94. The third-order valence-corrected chi connectivity index (χ3v) is 5.58. The lowest BCUT2D eigenvalue weighted by Crippen LogP contribution is -2.15. The first-order chi connectivity index (χ1) is 11.2. The first-order valence-corrected chi connectivity index (χ1v) is 10.1. The van der Waals surface area contributed by atoms with E-state index in [1.165, 1.54) is 36.8 Å². The Hall–Kier alpha value is -0.740. The molecule has 0 spiro atoms. The van der Waals surface area contributed by atoms with Crippen LogP contribution in [0.15, 0.2) is 24.3 Å². The van der Waals surface area contributed by atoms with E-state index in [4.69, 9.17) is 9.84 Å². The van der Waals surface area contributed by atoms with Crippen molar-refractivity contribution in [1.82, 2.24) is 0 Å². The molecule has 0 saturated carbocycles. The van der Waals surface area contributed by atoms with Crippen LogP contribution in [0.3, 0.4) is 0 Å². The maximum atomic E-state index is 10.4. The molecule has 0 bridgehead atoms. The quantitative estimate of drug-likeness (QED) is 0.293. The van der Waals surface area contributed by atoms with E-state index in [1.54, 1.807) is 6.08 Å². The van der Waals surface area contributed by atoms with Gasteiger partial charge < -0.3 is 9.84 Å². The average Bonchev–Trinajstić information content (AvgIpc) is 2.97. The largest absolute Gasteiger partial charge is 0.478 e. The normalized spacial score (nSPS) is 21.6. The van der Waals surface area contributed by atoms with Crippen molar-refractivity contribution in [3.05, 3.63) is 24.3 Å². The fourth-order valence-electron chi connectivity index (χ4n) is 2.91. The summed E-state index contributed by atoms with van der Waals surface area (Å²) >= 11 is 2.08. The zero-order chi connectivity index (χ0) is 16.8. The summed E-state index contributed by atoms with van der Waals surface area (Å²) in [5.74, 6) is 3.35. The molecule has 0 aromatic rings. The second-order valence-corrected chi connectivity index (χ2v) is 7.23. The van der Waals surface area contributed by atoms with Crippen LogP contribution >= 0.6 is 11.8 Å². The summed E-state index contributed by atoms with van der Waals surface area (Å²) in [7, 11) is 0. The van der Waals surface area contributed by atoms with Crippen LogP contribution in [0.25, 0.3) is 0 Å². The average molecular weight is 341 g/mol. The topological polar surface area (TPSA) is 46.5 Å². The molecule has 1 fully saturated rings. The summed E-state index contributed by atoms with van der Waals surface area (Å²) in [6.07, 6.45) is 15.2. The van der Waals surface area contributed by atoms with E-state index < -0.39 is 5.97 Å². The van der Waals surface area contributed by atoms with Crippen LogP contribution in [-0.2, 0) is 9.53 Å². The minimum absolute atomic E-state index is 0.806. The van der Waals surface area contributed by atoms with Gasteiger partial charge in [0.15, 0.2) is 0 Å². The number of carbonyl (C=O) groups is 1. The number of carboxylic acid groups (broad SMARTS) is 1. The number of thioether (sulfide) groups is 1. The maximum Gasteiger partial charge on any atom is 0.327 e. The summed E-state index contributed by atoms with van der Waals surface area (Å²) in [5, 5.41) is 8.54. The maximum absolute atomic E-state index is 10.4. The predicted octanol–water partition coefficient (Wildman–Crippen LogP) is 4.93. The van der Waals surface area contributed by atoms with Gasteiger partial charge >= 0.3 is 5.97 Å². The molecule has 0 aromatic carbocycles. The van der Waals surface area contributed by atoms with Gasteiger partial charge in [0, 0.05) is 12.7 Å². The molecule has 4 heteroatoms. The minimum Gasteiger partial charge on any atom is -0.478 e. The number of carboxylic acids is 1. The third-order valence-electron chi connectivity index (χ3n) is 4.25. The number of hydrogen-bond donors (Lipinski definition) is 1. The fourth-order valence-corrected chi connectivity index (χ4v) is 4.53. The van der Waals surface area contributed by atoms with Crippen LogP contribution in [-0.4, -0.2) is 35.8 Å². The van der Waals surface area contributed by atoms with Crippen LogP contribution in [0.4, 0.5) is 0 Å². The Bertz CT molecular complexity index is 366. The van der Waals surface area contributed by atoms with Crippen molar-refractivity contribution in [3.8, 4) is 0 Å². The summed E-state index contributed by atoms with van der Waals surface area (Å²) in [6.45, 7) is 3.89. The van der Waals surface area contributed by atoms with Crippen molar-refractivity contribution in [2.45, 2.75) is 51.9 Å². The lowest BCUT2D eigenvalue weighted by molar-refractivity contribution is -0.131. The van der Waals surface area contributed by atoms with Gasteiger partial charge in [0.05, 0.1) is 6.61 Å². The Balaban J connectivity index is 2.04. The molecule has 0 radical (unpaired) electrons. The van der Waals surface area contributed by atoms with E-state index >= 15 is 0 Å². The van der Waals surface area contributed by atoms with Crippen LogP contribution < -0.4 is 0 Å². The molecule has 1 aliphatic heterocycles. The van der Waals surface area contributed by atoms with E-state index in [0.717, 1.165) is 50.7 Å². The zero-order valence-corrected chi connectivity index (χ0v) is 15.2. The van der Waals surface area contributed by atoms with Gasteiger partial charge in [-0.3, -0.25) is 0 Å². The molecule has 1 heterocycles. The van der Waals surface area contributed by atoms with Gasteiger partial charge in [0.1, 0.15) is 0 Å². The van der Waals surface area contributed by atoms with Crippen molar-refractivity contribution in [3.63, 3.8) is 0 Å². The molecule has 1 rings (SSSR count). The van der Waals surface area contributed by atoms with Crippen LogP contribution in [0.1, 0.15) is 51.9 Å². The highest BCUT2D eigenvalue weighted by atomic mass is 32.2. The van der Waals surface area contributed by atoms with Crippen molar-refractivity contribution < 1.29 is 14.6 Å². The Morgan fingerprint density at radius 2 is 1.87 bits per heavy atom. The van der Waals surface area contributed by atoms with Crippen LogP contribution in [0.5, 0.6) is 0 Å². The molecule has 0 aromatic heterocycles. The van der Waals surface area contributed by atoms with Crippen molar-refractivity contribution in [1.29, 1.82) is 0 Å². The minimum atomic E-state index is -0.845. The van der Waals surface area contributed by atoms with E-state index in [1.807, 2.05) is 0 Å². The highest BCUT2D eigenvalue weighted by Crippen LogP contribution is 2.35. The smallest absolute Gasteiger partial charge is 0.327 e. The number of aliphatic carboxylic acids is 1. The van der Waals surface area contributed by atoms with Gasteiger partial charge in [0.2, 0.25) is 0 Å². The molecule has 0 aliphatic carbocycles. The lowest BCUT2D eigenvalue weighted by atomic mass is 9.88. The molecule has 132 valence electrons. The molecule has 0 amide bonds. The Morgan fingerprint density at radius 1 is 1.09 bits per heavy atom. The second kappa shape index (κ2) is 13.7. The van der Waals surface area contributed by atoms with Crippen molar-refractivity contribution in [2.75, 3.05) is 24.7 Å². The highest BCUT2D eigenvalue weighted by Gasteiger charge is 2.26.